The van der Waals surface area contributed by atoms with Crippen LogP contribution in [-0.4, -0.2) is 10.5 Å². The summed E-state index contributed by atoms with van der Waals surface area (Å²) in [6.45, 7) is 0. The van der Waals surface area contributed by atoms with Gasteiger partial charge in [0.15, 0.2) is 0 Å². The van der Waals surface area contributed by atoms with E-state index in [4.69, 9.17) is 17.3 Å². The molecular weight excluding hydrogens is 309 g/mol. The van der Waals surface area contributed by atoms with E-state index in [-0.39, 0.29) is 0 Å². The molecule has 4 bridgehead atoms. The highest BCUT2D eigenvalue weighted by molar-refractivity contribution is 9.00. The Morgan fingerprint density at radius 3 is 1.58 bits per heavy atom. The van der Waals surface area contributed by atoms with E-state index in [1.165, 1.54) is 51.4 Å². The van der Waals surface area contributed by atoms with Crippen molar-refractivity contribution in [1.29, 1.82) is 0 Å². The molecule has 4 saturated carbocycles. The van der Waals surface area contributed by atoms with Crippen LogP contribution in [0.4, 0.5) is 0 Å². The Bertz CT molecular complexity index is 381. The Labute approximate surface area is 130 Å². The van der Waals surface area contributed by atoms with Crippen LogP contribution in [0.5, 0.6) is 0 Å². The minimum atomic E-state index is -1.68. The number of nitrogens with two attached hydrogens (primary N) is 1. The number of hydrogen-bond donors (Lipinski definition) is 1. The first-order chi connectivity index (χ1) is 9.09. The lowest BCUT2D eigenvalue weighted by Gasteiger charge is -2.30. The van der Waals surface area contributed by atoms with E-state index < -0.39 is 4.59 Å². The van der Waals surface area contributed by atoms with Crippen molar-refractivity contribution in [2.24, 2.45) is 29.2 Å². The summed E-state index contributed by atoms with van der Waals surface area (Å²) in [7, 11) is 0. The maximum absolute atomic E-state index is 6.59. The molecule has 4 fully saturated rings. The number of fused-ring (bicyclic) bond motifs is 4. The lowest BCUT2D eigenvalue weighted by atomic mass is 10.0. The molecule has 0 saturated heterocycles. The molecule has 4 aliphatic carbocycles. The Morgan fingerprint density at radius 2 is 1.26 bits per heavy atom. The van der Waals surface area contributed by atoms with Gasteiger partial charge in [-0.05, 0) is 62.2 Å². The van der Waals surface area contributed by atoms with Gasteiger partial charge in [-0.1, -0.05) is 47.4 Å². The summed E-state index contributed by atoms with van der Waals surface area (Å²) in [6, 6.07) is 0. The van der Waals surface area contributed by atoms with Crippen molar-refractivity contribution in [3.63, 3.8) is 0 Å². The first-order valence-corrected chi connectivity index (χ1v) is 13.7. The summed E-state index contributed by atoms with van der Waals surface area (Å²) in [4.78, 5) is 0. The van der Waals surface area contributed by atoms with Crippen LogP contribution < -0.4 is 5.50 Å². The zero-order chi connectivity index (χ0) is 13.0. The number of hydrogen-bond acceptors (Lipinski definition) is 3. The molecule has 5 heteroatoms. The third-order valence-corrected chi connectivity index (χ3v) is 14.7. The zero-order valence-electron chi connectivity index (χ0n) is 11.4. The van der Waals surface area contributed by atoms with E-state index in [1.807, 2.05) is 0 Å². The molecule has 0 aromatic rings. The summed E-state index contributed by atoms with van der Waals surface area (Å²) in [5, 5.41) is 1.64. The van der Waals surface area contributed by atoms with Gasteiger partial charge in [-0.15, -0.1) is 0 Å². The molecule has 1 nitrogen and oxygen atoms in total. The second-order valence-electron chi connectivity index (χ2n) is 7.18. The lowest BCUT2D eigenvalue weighted by molar-refractivity contribution is 0.493. The van der Waals surface area contributed by atoms with Crippen LogP contribution in [0.15, 0.2) is 0 Å². The van der Waals surface area contributed by atoms with Gasteiger partial charge in [0.05, 0.1) is 0 Å². The highest BCUT2D eigenvalue weighted by Crippen LogP contribution is 2.72. The molecule has 0 amide bonds. The van der Waals surface area contributed by atoms with Gasteiger partial charge >= 0.3 is 0 Å². The van der Waals surface area contributed by atoms with Crippen LogP contribution in [0, 0.1) is 23.7 Å². The van der Waals surface area contributed by atoms with Gasteiger partial charge in [0, 0.05) is 10.5 Å². The molecule has 4 rings (SSSR count). The highest BCUT2D eigenvalue weighted by Gasteiger charge is 2.44. The van der Waals surface area contributed by atoms with Crippen LogP contribution in [-0.2, 0) is 11.8 Å². The van der Waals surface area contributed by atoms with Crippen molar-refractivity contribution in [2.45, 2.75) is 61.9 Å². The van der Waals surface area contributed by atoms with E-state index in [9.17, 15) is 0 Å². The van der Waals surface area contributed by atoms with Crippen LogP contribution in [0.2, 0.25) is 0 Å². The molecule has 0 radical (unpaired) electrons. The average Bonchev–Trinajstić information content (AvgIpc) is 3.06. The molecule has 19 heavy (non-hydrogen) atoms. The Kier molecular flexibility index (Phi) is 3.81. The van der Waals surface area contributed by atoms with Gasteiger partial charge in [0.2, 0.25) is 0 Å². The molecule has 0 aliphatic heterocycles. The van der Waals surface area contributed by atoms with Gasteiger partial charge in [-0.3, -0.25) is 5.50 Å². The zero-order valence-corrected chi connectivity index (χ0v) is 14.7. The summed E-state index contributed by atoms with van der Waals surface area (Å²) in [6.07, 6.45) is 11.7. The van der Waals surface area contributed by atoms with Crippen molar-refractivity contribution in [3.8, 4) is 0 Å². The SMILES string of the molecule is NP(=S)(SC1CC2CCC1C2)SC1CC2CCC1C2. The fraction of sp³-hybridized carbons (Fsp3) is 1.00. The van der Waals surface area contributed by atoms with E-state index in [2.05, 4.69) is 22.8 Å². The number of rotatable bonds is 4. The smallest absolute Gasteiger partial charge is 0.115 e. The maximum atomic E-state index is 6.59. The standard InChI is InChI=1S/C14H24NPS3/c15-16(17,18-13-7-9-1-3-11(13)5-9)19-14-8-10-2-4-12(14)6-10/h9-14H,1-8H2,(H2,15,17). The normalized spacial score (nSPS) is 50.8. The summed E-state index contributed by atoms with van der Waals surface area (Å²) >= 11 is 9.97. The van der Waals surface area contributed by atoms with Crippen molar-refractivity contribution in [1.82, 2.24) is 0 Å². The molecule has 4 aliphatic rings. The van der Waals surface area contributed by atoms with Gasteiger partial charge in [-0.2, -0.15) is 0 Å². The molecule has 0 heterocycles. The average molecular weight is 334 g/mol. The van der Waals surface area contributed by atoms with Crippen LogP contribution in [0.25, 0.3) is 0 Å². The predicted molar refractivity (Wildman–Crippen MR) is 92.1 cm³/mol. The van der Waals surface area contributed by atoms with Crippen LogP contribution >= 0.6 is 27.4 Å². The van der Waals surface area contributed by atoms with Crippen molar-refractivity contribution in [2.75, 3.05) is 0 Å². The van der Waals surface area contributed by atoms with Crippen molar-refractivity contribution < 1.29 is 0 Å². The molecular formula is C14H24NPS3. The first-order valence-electron chi connectivity index (χ1n) is 7.84. The van der Waals surface area contributed by atoms with E-state index in [0.29, 0.717) is 0 Å². The fourth-order valence-corrected chi connectivity index (χ4v) is 15.8. The first kappa shape index (κ1) is 13.9. The second kappa shape index (κ2) is 5.19. The third kappa shape index (κ3) is 2.82. The molecule has 108 valence electrons. The minimum absolute atomic E-state index is 0.820. The molecule has 6 unspecified atom stereocenters. The van der Waals surface area contributed by atoms with Crippen LogP contribution in [0.3, 0.4) is 0 Å². The third-order valence-electron chi connectivity index (χ3n) is 5.91. The Morgan fingerprint density at radius 1 is 0.789 bits per heavy atom. The van der Waals surface area contributed by atoms with E-state index in [0.717, 1.165) is 34.2 Å². The summed E-state index contributed by atoms with van der Waals surface area (Å²) in [5.74, 6) is 3.96. The van der Waals surface area contributed by atoms with E-state index >= 15 is 0 Å². The Hall–Kier alpha value is 1.31. The van der Waals surface area contributed by atoms with Gasteiger partial charge < -0.3 is 0 Å². The van der Waals surface area contributed by atoms with Crippen molar-refractivity contribution >= 4 is 39.2 Å². The largest absolute Gasteiger partial charge is 0.287 e. The predicted octanol–water partition coefficient (Wildman–Crippen LogP) is 5.01. The van der Waals surface area contributed by atoms with Crippen molar-refractivity contribution in [3.05, 3.63) is 0 Å². The van der Waals surface area contributed by atoms with Gasteiger partial charge in [0.25, 0.3) is 0 Å². The van der Waals surface area contributed by atoms with Gasteiger partial charge in [-0.25, -0.2) is 0 Å². The monoisotopic (exact) mass is 333 g/mol. The maximum Gasteiger partial charge on any atom is 0.115 e. The molecule has 6 atom stereocenters. The molecule has 0 aromatic carbocycles. The minimum Gasteiger partial charge on any atom is -0.287 e. The lowest BCUT2D eigenvalue weighted by Crippen LogP contribution is -2.15. The molecule has 0 spiro atoms. The summed E-state index contributed by atoms with van der Waals surface area (Å²) < 4.78 is -1.68. The quantitative estimate of drug-likeness (QED) is 0.731. The van der Waals surface area contributed by atoms with E-state index in [1.54, 1.807) is 0 Å². The fourth-order valence-electron chi connectivity index (χ4n) is 5.03. The Balaban J connectivity index is 1.36. The molecule has 2 N–H and O–H groups in total. The van der Waals surface area contributed by atoms with Crippen LogP contribution in [0.1, 0.15) is 51.4 Å². The molecule has 0 aromatic heterocycles. The van der Waals surface area contributed by atoms with Gasteiger partial charge in [0.1, 0.15) is 4.59 Å². The highest BCUT2D eigenvalue weighted by atomic mass is 33.2. The second-order valence-corrected chi connectivity index (χ2v) is 18.4. The summed E-state index contributed by atoms with van der Waals surface area (Å²) in [5.41, 5.74) is 6.59. The topological polar surface area (TPSA) is 26.0 Å².